The highest BCUT2D eigenvalue weighted by molar-refractivity contribution is 5.23. The van der Waals surface area contributed by atoms with Crippen molar-refractivity contribution in [3.8, 4) is 0 Å². The highest BCUT2D eigenvalue weighted by Gasteiger charge is 2.66. The van der Waals surface area contributed by atoms with Crippen LogP contribution in [0.3, 0.4) is 0 Å². The number of hydrogen-bond donors (Lipinski definition) is 7. The molecule has 2 saturated heterocycles. The molecule has 7 N–H and O–H groups in total. The Bertz CT molecular complexity index is 577. The highest BCUT2D eigenvalue weighted by atomic mass is 16.6. The number of hydrogen-bond acceptors (Lipinski definition) is 10. The summed E-state index contributed by atoms with van der Waals surface area (Å²) >= 11 is 0. The summed E-state index contributed by atoms with van der Waals surface area (Å²) in [6.07, 6.45) is -8.40. The minimum absolute atomic E-state index is 0.0457. The number of ether oxygens (including phenoxy) is 2. The first-order chi connectivity index (χ1) is 11.8. The summed E-state index contributed by atoms with van der Waals surface area (Å²) in [6, 6.07) is 2.87. The van der Waals surface area contributed by atoms with Gasteiger partial charge in [-0.1, -0.05) is 0 Å². The molecule has 3 rings (SSSR count). The van der Waals surface area contributed by atoms with Crippen molar-refractivity contribution in [1.29, 1.82) is 0 Å². The van der Waals surface area contributed by atoms with E-state index >= 15 is 0 Å². The first-order valence-electron chi connectivity index (χ1n) is 7.81. The van der Waals surface area contributed by atoms with Crippen LogP contribution in [0.1, 0.15) is 5.76 Å². The molecule has 10 heteroatoms. The van der Waals surface area contributed by atoms with Crippen molar-refractivity contribution in [3.63, 3.8) is 0 Å². The van der Waals surface area contributed by atoms with Gasteiger partial charge in [0.25, 0.3) is 0 Å². The Labute approximate surface area is 142 Å². The zero-order chi connectivity index (χ0) is 18.4. The summed E-state index contributed by atoms with van der Waals surface area (Å²) in [5.41, 5.74) is -4.04. The molecule has 0 spiro atoms. The number of rotatable bonds is 4. The lowest BCUT2D eigenvalue weighted by Crippen LogP contribution is -2.69. The van der Waals surface area contributed by atoms with Crippen molar-refractivity contribution in [2.75, 3.05) is 19.8 Å². The molecule has 0 aliphatic carbocycles. The van der Waals surface area contributed by atoms with Gasteiger partial charge in [0.05, 0.1) is 26.1 Å². The normalized spacial score (nSPS) is 48.0. The number of aliphatic hydroxyl groups excluding tert-OH is 6. The summed E-state index contributed by atoms with van der Waals surface area (Å²) in [4.78, 5) is 0. The van der Waals surface area contributed by atoms with E-state index in [2.05, 4.69) is 0 Å². The zero-order valence-electron chi connectivity index (χ0n) is 13.2. The summed E-state index contributed by atoms with van der Waals surface area (Å²) in [6.45, 7) is -1.97. The van der Waals surface area contributed by atoms with E-state index in [1.165, 1.54) is 18.4 Å². The lowest BCUT2D eigenvalue weighted by atomic mass is 9.76. The Morgan fingerprint density at radius 3 is 2.32 bits per heavy atom. The van der Waals surface area contributed by atoms with Crippen molar-refractivity contribution < 1.29 is 49.6 Å². The minimum Gasteiger partial charge on any atom is -0.466 e. The van der Waals surface area contributed by atoms with E-state index in [-0.39, 0.29) is 5.76 Å². The van der Waals surface area contributed by atoms with Crippen molar-refractivity contribution in [2.24, 2.45) is 0 Å². The van der Waals surface area contributed by atoms with Crippen LogP contribution in [0.15, 0.2) is 22.8 Å². The zero-order valence-corrected chi connectivity index (χ0v) is 13.2. The second-order valence-corrected chi connectivity index (χ2v) is 6.47. The molecule has 0 radical (unpaired) electrons. The third-order valence-electron chi connectivity index (χ3n) is 4.97. The van der Waals surface area contributed by atoms with Gasteiger partial charge in [-0.2, -0.15) is 0 Å². The molecule has 0 amide bonds. The standard InChI is InChI=1S/C15H22O10/c16-4-7-9(18)10(19)11(20)15(25-7,8-2-1-3-23-8)13-12(21)14(22,5-17)6-24-13/h1-3,7,9-13,16-22H,4-6H2/t7-,9-,10-,11-,12-,13?,14?,15-/m0/s1. The third kappa shape index (κ3) is 2.62. The highest BCUT2D eigenvalue weighted by Crippen LogP contribution is 2.47. The molecule has 25 heavy (non-hydrogen) atoms. The van der Waals surface area contributed by atoms with Crippen LogP contribution >= 0.6 is 0 Å². The Kier molecular flexibility index (Phi) is 4.92. The van der Waals surface area contributed by atoms with Crippen LogP contribution in [-0.4, -0.2) is 97.8 Å². The van der Waals surface area contributed by atoms with Crippen LogP contribution in [0.2, 0.25) is 0 Å². The molecule has 2 aliphatic rings. The lowest BCUT2D eigenvalue weighted by Gasteiger charge is -2.50. The molecule has 0 saturated carbocycles. The monoisotopic (exact) mass is 362 g/mol. The van der Waals surface area contributed by atoms with Gasteiger partial charge < -0.3 is 49.6 Å². The van der Waals surface area contributed by atoms with E-state index in [0.29, 0.717) is 0 Å². The Morgan fingerprint density at radius 2 is 1.80 bits per heavy atom. The molecule has 8 atom stereocenters. The first kappa shape index (κ1) is 18.7. The van der Waals surface area contributed by atoms with Crippen molar-refractivity contribution in [1.82, 2.24) is 0 Å². The van der Waals surface area contributed by atoms with Gasteiger partial charge in [0.2, 0.25) is 0 Å². The molecule has 2 unspecified atom stereocenters. The van der Waals surface area contributed by atoms with E-state index in [1.807, 2.05) is 0 Å². The van der Waals surface area contributed by atoms with Gasteiger partial charge in [-0.25, -0.2) is 0 Å². The smallest absolute Gasteiger partial charge is 0.183 e. The van der Waals surface area contributed by atoms with Gasteiger partial charge in [-0.3, -0.25) is 0 Å². The molecule has 0 bridgehead atoms. The van der Waals surface area contributed by atoms with Crippen molar-refractivity contribution in [2.45, 2.75) is 47.8 Å². The predicted molar refractivity (Wildman–Crippen MR) is 78.1 cm³/mol. The second kappa shape index (κ2) is 6.58. The third-order valence-corrected chi connectivity index (χ3v) is 4.97. The maximum absolute atomic E-state index is 10.7. The van der Waals surface area contributed by atoms with E-state index in [1.54, 1.807) is 0 Å². The van der Waals surface area contributed by atoms with Crippen LogP contribution in [-0.2, 0) is 15.1 Å². The molecule has 10 nitrogen and oxygen atoms in total. The van der Waals surface area contributed by atoms with Gasteiger partial charge >= 0.3 is 0 Å². The quantitative estimate of drug-likeness (QED) is 0.284. The predicted octanol–water partition coefficient (Wildman–Crippen LogP) is -3.57. The largest absolute Gasteiger partial charge is 0.466 e. The van der Waals surface area contributed by atoms with Crippen LogP contribution in [0.4, 0.5) is 0 Å². The summed E-state index contributed by atoms with van der Waals surface area (Å²) in [5, 5.41) is 70.4. The summed E-state index contributed by atoms with van der Waals surface area (Å²) in [7, 11) is 0. The van der Waals surface area contributed by atoms with Crippen LogP contribution < -0.4 is 0 Å². The topological polar surface area (TPSA) is 173 Å². The second-order valence-electron chi connectivity index (χ2n) is 6.47. The molecule has 3 heterocycles. The van der Waals surface area contributed by atoms with E-state index in [9.17, 15) is 35.7 Å². The Morgan fingerprint density at radius 1 is 1.08 bits per heavy atom. The molecule has 1 aromatic rings. The van der Waals surface area contributed by atoms with E-state index < -0.39 is 67.6 Å². The fourth-order valence-electron chi connectivity index (χ4n) is 3.47. The lowest BCUT2D eigenvalue weighted by molar-refractivity contribution is -0.318. The molecular weight excluding hydrogens is 340 g/mol. The summed E-state index contributed by atoms with van der Waals surface area (Å²) < 4.78 is 16.4. The molecule has 2 aliphatic heterocycles. The Hall–Kier alpha value is -1.08. The maximum Gasteiger partial charge on any atom is 0.183 e. The van der Waals surface area contributed by atoms with E-state index in [0.717, 1.165) is 0 Å². The van der Waals surface area contributed by atoms with Gasteiger partial charge in [-0.15, -0.1) is 0 Å². The van der Waals surface area contributed by atoms with Gasteiger partial charge in [0.15, 0.2) is 5.60 Å². The van der Waals surface area contributed by atoms with Crippen molar-refractivity contribution >= 4 is 0 Å². The van der Waals surface area contributed by atoms with Gasteiger partial charge in [-0.05, 0) is 12.1 Å². The van der Waals surface area contributed by atoms with E-state index in [4.69, 9.17) is 13.9 Å². The molecule has 0 aromatic carbocycles. The molecular formula is C15H22O10. The molecule has 142 valence electrons. The minimum atomic E-state index is -2.03. The summed E-state index contributed by atoms with van der Waals surface area (Å²) in [5.74, 6) is -0.0457. The van der Waals surface area contributed by atoms with Crippen LogP contribution in [0.5, 0.6) is 0 Å². The fraction of sp³-hybridized carbons (Fsp3) is 0.733. The average molecular weight is 362 g/mol. The van der Waals surface area contributed by atoms with Crippen molar-refractivity contribution in [3.05, 3.63) is 24.2 Å². The number of furan rings is 1. The Balaban J connectivity index is 2.09. The molecule has 1 aromatic heterocycles. The van der Waals surface area contributed by atoms with Gasteiger partial charge in [0, 0.05) is 0 Å². The molecule has 2 fully saturated rings. The van der Waals surface area contributed by atoms with Gasteiger partial charge in [0.1, 0.15) is 48.0 Å². The fourth-order valence-corrected chi connectivity index (χ4v) is 3.47. The first-order valence-corrected chi connectivity index (χ1v) is 7.81. The maximum atomic E-state index is 10.7. The number of aliphatic hydroxyl groups is 7. The van der Waals surface area contributed by atoms with Crippen LogP contribution in [0, 0.1) is 0 Å². The van der Waals surface area contributed by atoms with Crippen LogP contribution in [0.25, 0.3) is 0 Å². The average Bonchev–Trinajstić information content (AvgIpc) is 3.25. The SMILES string of the molecule is OC[C@@H]1O[C@](c2ccco2)(C2OCC(O)(CO)[C@H]2O)[C@@H](O)[C@@H](O)[C@H]1O.